The second-order valence-corrected chi connectivity index (χ2v) is 4.12. The smallest absolute Gasteiger partial charge is 0.306 e. The second kappa shape index (κ2) is 4.09. The minimum Gasteiger partial charge on any atom is -0.481 e. The van der Waals surface area contributed by atoms with Gasteiger partial charge in [-0.3, -0.25) is 4.79 Å². The van der Waals surface area contributed by atoms with Gasteiger partial charge in [0, 0.05) is 0 Å². The molecule has 0 radical (unpaired) electrons. The molecule has 3 heteroatoms. The molecule has 0 aromatic rings. The molecule has 0 amide bonds. The Hall–Kier alpha value is -0.570. The second-order valence-electron chi connectivity index (χ2n) is 4.12. The van der Waals surface area contributed by atoms with E-state index in [1.54, 1.807) is 6.92 Å². The summed E-state index contributed by atoms with van der Waals surface area (Å²) in [5.74, 6) is -0.656. The molecule has 0 aromatic carbocycles. The number of aliphatic carboxylic acids is 1. The van der Waals surface area contributed by atoms with E-state index in [9.17, 15) is 4.79 Å². The maximum atomic E-state index is 10.8. The first-order valence-electron chi connectivity index (χ1n) is 4.89. The Morgan fingerprint density at radius 1 is 1.38 bits per heavy atom. The third kappa shape index (κ3) is 2.69. The van der Waals surface area contributed by atoms with E-state index in [0.29, 0.717) is 0 Å². The molecule has 3 nitrogen and oxygen atoms in total. The Labute approximate surface area is 79.1 Å². The van der Waals surface area contributed by atoms with Crippen LogP contribution in [0.1, 0.15) is 33.6 Å². The maximum absolute atomic E-state index is 10.8. The molecule has 0 aromatic heterocycles. The fraction of sp³-hybridized carbons (Fsp3) is 0.900. The molecule has 3 atom stereocenters. The van der Waals surface area contributed by atoms with Crippen molar-refractivity contribution in [3.8, 4) is 0 Å². The van der Waals surface area contributed by atoms with Crippen LogP contribution in [0.15, 0.2) is 0 Å². The summed E-state index contributed by atoms with van der Waals surface area (Å²) in [7, 11) is 0. The summed E-state index contributed by atoms with van der Waals surface area (Å²) in [4.78, 5) is 10.8. The highest BCUT2D eigenvalue weighted by atomic mass is 16.5. The van der Waals surface area contributed by atoms with E-state index in [2.05, 4.69) is 0 Å². The van der Waals surface area contributed by atoms with Crippen molar-refractivity contribution in [1.82, 2.24) is 0 Å². The van der Waals surface area contributed by atoms with E-state index in [4.69, 9.17) is 9.84 Å². The molecule has 1 aliphatic heterocycles. The number of carboxylic acid groups (broad SMARTS) is 1. The first-order valence-corrected chi connectivity index (χ1v) is 4.89. The summed E-state index contributed by atoms with van der Waals surface area (Å²) in [6.45, 7) is 5.81. The fourth-order valence-corrected chi connectivity index (χ4v) is 2.07. The molecule has 0 bridgehead atoms. The minimum atomic E-state index is -0.689. The normalized spacial score (nSPS) is 37.0. The Bertz CT molecular complexity index is 181. The van der Waals surface area contributed by atoms with E-state index in [1.807, 2.05) is 13.8 Å². The minimum absolute atomic E-state index is 0.204. The average Bonchev–Trinajstić information content (AvgIpc) is 2.01. The van der Waals surface area contributed by atoms with Gasteiger partial charge in [-0.05, 0) is 32.6 Å². The van der Waals surface area contributed by atoms with Crippen molar-refractivity contribution >= 4 is 5.97 Å². The SMILES string of the molecule is CC1CC(C(C)C(=O)O)CC(C)O1. The van der Waals surface area contributed by atoms with Gasteiger partial charge in [-0.15, -0.1) is 0 Å². The van der Waals surface area contributed by atoms with Crippen LogP contribution in [0.5, 0.6) is 0 Å². The van der Waals surface area contributed by atoms with Gasteiger partial charge in [0.2, 0.25) is 0 Å². The molecule has 0 aliphatic carbocycles. The Balaban J connectivity index is 2.54. The van der Waals surface area contributed by atoms with E-state index in [1.165, 1.54) is 0 Å². The highest BCUT2D eigenvalue weighted by Crippen LogP contribution is 2.30. The number of hydrogen-bond donors (Lipinski definition) is 1. The van der Waals surface area contributed by atoms with Crippen LogP contribution in [0.3, 0.4) is 0 Å². The zero-order chi connectivity index (χ0) is 10.0. The summed E-state index contributed by atoms with van der Waals surface area (Å²) in [5, 5.41) is 8.87. The molecule has 3 unspecified atom stereocenters. The van der Waals surface area contributed by atoms with Crippen molar-refractivity contribution in [2.75, 3.05) is 0 Å². The molecule has 1 N–H and O–H groups in total. The van der Waals surface area contributed by atoms with Crippen molar-refractivity contribution in [2.24, 2.45) is 11.8 Å². The van der Waals surface area contributed by atoms with Gasteiger partial charge in [-0.25, -0.2) is 0 Å². The zero-order valence-electron chi connectivity index (χ0n) is 8.49. The van der Waals surface area contributed by atoms with Crippen LogP contribution in [0.4, 0.5) is 0 Å². The Morgan fingerprint density at radius 2 is 1.85 bits per heavy atom. The van der Waals surface area contributed by atoms with Gasteiger partial charge in [0.05, 0.1) is 18.1 Å². The van der Waals surface area contributed by atoms with Gasteiger partial charge in [0.1, 0.15) is 0 Å². The van der Waals surface area contributed by atoms with Crippen LogP contribution < -0.4 is 0 Å². The van der Waals surface area contributed by atoms with Crippen LogP contribution >= 0.6 is 0 Å². The third-order valence-corrected chi connectivity index (χ3v) is 2.83. The Kier molecular flexibility index (Phi) is 3.31. The lowest BCUT2D eigenvalue weighted by Gasteiger charge is -2.33. The summed E-state index contributed by atoms with van der Waals surface area (Å²) >= 11 is 0. The molecule has 1 aliphatic rings. The van der Waals surface area contributed by atoms with Crippen molar-refractivity contribution in [1.29, 1.82) is 0 Å². The number of carboxylic acids is 1. The topological polar surface area (TPSA) is 46.5 Å². The van der Waals surface area contributed by atoms with Crippen molar-refractivity contribution < 1.29 is 14.6 Å². The molecule has 0 saturated carbocycles. The third-order valence-electron chi connectivity index (χ3n) is 2.83. The monoisotopic (exact) mass is 186 g/mol. The predicted octanol–water partition coefficient (Wildman–Crippen LogP) is 1.91. The van der Waals surface area contributed by atoms with E-state index >= 15 is 0 Å². The summed E-state index contributed by atoms with van der Waals surface area (Å²) < 4.78 is 5.55. The lowest BCUT2D eigenvalue weighted by Crippen LogP contribution is -2.34. The molecule has 76 valence electrons. The maximum Gasteiger partial charge on any atom is 0.306 e. The van der Waals surface area contributed by atoms with Gasteiger partial charge >= 0.3 is 5.97 Å². The lowest BCUT2D eigenvalue weighted by atomic mass is 9.83. The standard InChI is InChI=1S/C10H18O3/c1-6-4-9(5-7(2)13-6)8(3)10(11)12/h6-9H,4-5H2,1-3H3,(H,11,12). The molecule has 13 heavy (non-hydrogen) atoms. The van der Waals surface area contributed by atoms with Gasteiger partial charge < -0.3 is 9.84 Å². The number of ether oxygens (including phenoxy) is 1. The fourth-order valence-electron chi connectivity index (χ4n) is 2.07. The number of rotatable bonds is 2. The van der Waals surface area contributed by atoms with E-state index < -0.39 is 5.97 Å². The molecule has 0 spiro atoms. The molecule has 1 rings (SSSR count). The number of hydrogen-bond acceptors (Lipinski definition) is 2. The quantitative estimate of drug-likeness (QED) is 0.716. The van der Waals surface area contributed by atoms with Gasteiger partial charge in [0.15, 0.2) is 0 Å². The number of carbonyl (C=O) groups is 1. The van der Waals surface area contributed by atoms with E-state index in [-0.39, 0.29) is 24.0 Å². The van der Waals surface area contributed by atoms with Crippen LogP contribution in [-0.4, -0.2) is 23.3 Å². The van der Waals surface area contributed by atoms with E-state index in [0.717, 1.165) is 12.8 Å². The lowest BCUT2D eigenvalue weighted by molar-refractivity contribution is -0.146. The summed E-state index contributed by atoms with van der Waals surface area (Å²) in [5.41, 5.74) is 0. The highest BCUT2D eigenvalue weighted by Gasteiger charge is 2.31. The summed E-state index contributed by atoms with van der Waals surface area (Å²) in [6.07, 6.45) is 2.15. The van der Waals surface area contributed by atoms with Crippen molar-refractivity contribution in [2.45, 2.75) is 45.8 Å². The van der Waals surface area contributed by atoms with Gasteiger partial charge in [0.25, 0.3) is 0 Å². The summed E-state index contributed by atoms with van der Waals surface area (Å²) in [6, 6.07) is 0. The predicted molar refractivity (Wildman–Crippen MR) is 49.5 cm³/mol. The highest BCUT2D eigenvalue weighted by molar-refractivity contribution is 5.69. The van der Waals surface area contributed by atoms with Crippen molar-refractivity contribution in [3.63, 3.8) is 0 Å². The molecular formula is C10H18O3. The first-order chi connectivity index (χ1) is 6.00. The molecule has 1 fully saturated rings. The van der Waals surface area contributed by atoms with Gasteiger partial charge in [-0.2, -0.15) is 0 Å². The van der Waals surface area contributed by atoms with Crippen LogP contribution in [0.2, 0.25) is 0 Å². The first kappa shape index (κ1) is 10.5. The zero-order valence-corrected chi connectivity index (χ0v) is 8.49. The molecule has 1 saturated heterocycles. The van der Waals surface area contributed by atoms with Crippen LogP contribution in [0.25, 0.3) is 0 Å². The average molecular weight is 186 g/mol. The molecule has 1 heterocycles. The molecular weight excluding hydrogens is 168 g/mol. The van der Waals surface area contributed by atoms with Gasteiger partial charge in [-0.1, -0.05) is 6.92 Å². The largest absolute Gasteiger partial charge is 0.481 e. The van der Waals surface area contributed by atoms with Crippen molar-refractivity contribution in [3.05, 3.63) is 0 Å². The Morgan fingerprint density at radius 3 is 2.23 bits per heavy atom. The van der Waals surface area contributed by atoms with Crippen LogP contribution in [0, 0.1) is 11.8 Å². The van der Waals surface area contributed by atoms with Crippen LogP contribution in [-0.2, 0) is 9.53 Å².